The lowest BCUT2D eigenvalue weighted by Crippen LogP contribution is -2.35. The first-order valence-electron chi connectivity index (χ1n) is 7.50. The lowest BCUT2D eigenvalue weighted by molar-refractivity contribution is 0.479. The molecule has 0 bridgehead atoms. The zero-order chi connectivity index (χ0) is 16.8. The monoisotopic (exact) mass is 306 g/mol. The fourth-order valence-electron chi connectivity index (χ4n) is 2.47. The normalized spacial score (nSPS) is 9.87. The minimum Gasteiger partial charge on any atom is -0.349 e. The highest BCUT2D eigenvalue weighted by Crippen LogP contribution is 2.23. The van der Waals surface area contributed by atoms with Gasteiger partial charge in [0.15, 0.2) is 5.96 Å². The summed E-state index contributed by atoms with van der Waals surface area (Å²) in [7, 11) is 7.95. The van der Waals surface area contributed by atoms with Crippen molar-refractivity contribution in [3.05, 3.63) is 59.7 Å². The molecule has 0 amide bonds. The average molecular weight is 306 g/mol. The lowest BCUT2D eigenvalue weighted by atomic mass is 9.99. The van der Waals surface area contributed by atoms with Crippen LogP contribution in [-0.4, -0.2) is 44.0 Å². The predicted molar refractivity (Wildman–Crippen MR) is 95.1 cm³/mol. The van der Waals surface area contributed by atoms with Crippen LogP contribution in [0.15, 0.2) is 53.5 Å². The number of nitrogens with zero attached hydrogens (tertiary/aromatic N) is 4. The summed E-state index contributed by atoms with van der Waals surface area (Å²) in [5, 5.41) is 9.21. The van der Waals surface area contributed by atoms with Crippen molar-refractivity contribution in [1.29, 1.82) is 5.26 Å². The highest BCUT2D eigenvalue weighted by atomic mass is 15.3. The van der Waals surface area contributed by atoms with Crippen molar-refractivity contribution < 1.29 is 0 Å². The number of guanidine groups is 1. The highest BCUT2D eigenvalue weighted by Gasteiger charge is 2.05. The summed E-state index contributed by atoms with van der Waals surface area (Å²) in [6.45, 7) is 0.631. The molecule has 0 aliphatic heterocycles. The number of benzene rings is 2. The molecule has 2 aromatic rings. The van der Waals surface area contributed by atoms with Gasteiger partial charge in [0.1, 0.15) is 0 Å². The van der Waals surface area contributed by atoms with Gasteiger partial charge in [0.25, 0.3) is 0 Å². The SMILES string of the molecule is CN(C)C(=NCc1ccc(-c2ccccc2C#N)cc1)N(C)C. The first kappa shape index (κ1) is 16.6. The van der Waals surface area contributed by atoms with Crippen LogP contribution in [0.1, 0.15) is 11.1 Å². The number of nitriles is 1. The Kier molecular flexibility index (Phi) is 5.37. The second kappa shape index (κ2) is 7.46. The van der Waals surface area contributed by atoms with Gasteiger partial charge in [0.2, 0.25) is 0 Å². The van der Waals surface area contributed by atoms with E-state index in [0.717, 1.165) is 22.6 Å². The maximum atomic E-state index is 9.21. The van der Waals surface area contributed by atoms with Crippen LogP contribution in [0.2, 0.25) is 0 Å². The Hall–Kier alpha value is -2.80. The van der Waals surface area contributed by atoms with Gasteiger partial charge in [-0.15, -0.1) is 0 Å². The Morgan fingerprint density at radius 3 is 2.13 bits per heavy atom. The van der Waals surface area contributed by atoms with Gasteiger partial charge in [0.05, 0.1) is 18.2 Å². The molecule has 2 rings (SSSR count). The molecule has 0 fully saturated rings. The summed E-state index contributed by atoms with van der Waals surface area (Å²) in [5.41, 5.74) is 3.85. The molecule has 23 heavy (non-hydrogen) atoms. The van der Waals surface area contributed by atoms with Crippen LogP contribution in [-0.2, 0) is 6.54 Å². The molecule has 0 aliphatic carbocycles. The van der Waals surface area contributed by atoms with E-state index in [-0.39, 0.29) is 0 Å². The van der Waals surface area contributed by atoms with Crippen molar-refractivity contribution in [2.24, 2.45) is 4.99 Å². The second-order valence-electron chi connectivity index (χ2n) is 5.76. The largest absolute Gasteiger partial charge is 0.349 e. The maximum Gasteiger partial charge on any atom is 0.195 e. The van der Waals surface area contributed by atoms with Crippen LogP contribution in [0.5, 0.6) is 0 Å². The molecule has 0 atom stereocenters. The van der Waals surface area contributed by atoms with Crippen LogP contribution in [0.4, 0.5) is 0 Å². The first-order valence-corrected chi connectivity index (χ1v) is 7.50. The van der Waals surface area contributed by atoms with Gasteiger partial charge in [0, 0.05) is 28.2 Å². The minimum atomic E-state index is 0.631. The fraction of sp³-hybridized carbons (Fsp3) is 0.263. The summed E-state index contributed by atoms with van der Waals surface area (Å²) in [5.74, 6) is 0.934. The first-order chi connectivity index (χ1) is 11.0. The Bertz CT molecular complexity index is 712. The smallest absolute Gasteiger partial charge is 0.195 e. The number of hydrogen-bond donors (Lipinski definition) is 0. The zero-order valence-corrected chi connectivity index (χ0v) is 14.1. The van der Waals surface area contributed by atoms with Crippen LogP contribution in [0, 0.1) is 11.3 Å². The Balaban J connectivity index is 2.20. The lowest BCUT2D eigenvalue weighted by Gasteiger charge is -2.22. The van der Waals surface area contributed by atoms with Gasteiger partial charge < -0.3 is 9.80 Å². The third-order valence-electron chi connectivity index (χ3n) is 3.52. The van der Waals surface area contributed by atoms with E-state index < -0.39 is 0 Å². The van der Waals surface area contributed by atoms with Crippen LogP contribution < -0.4 is 0 Å². The Labute approximate surface area is 138 Å². The molecule has 0 unspecified atom stereocenters. The van der Waals surface area contributed by atoms with Gasteiger partial charge in [-0.1, -0.05) is 42.5 Å². The standard InChI is InChI=1S/C19H22N4/c1-22(2)19(23(3)4)21-14-15-9-11-16(12-10-15)18-8-6-5-7-17(18)13-20/h5-12H,14H2,1-4H3. The van der Waals surface area contributed by atoms with Crippen molar-refractivity contribution in [3.63, 3.8) is 0 Å². The van der Waals surface area contributed by atoms with E-state index in [1.165, 1.54) is 0 Å². The minimum absolute atomic E-state index is 0.631. The van der Waals surface area contributed by atoms with Crippen LogP contribution >= 0.6 is 0 Å². The summed E-state index contributed by atoms with van der Waals surface area (Å²) in [6, 6.07) is 18.1. The predicted octanol–water partition coefficient (Wildman–Crippen LogP) is 3.20. The highest BCUT2D eigenvalue weighted by molar-refractivity contribution is 5.79. The van der Waals surface area contributed by atoms with Gasteiger partial charge in [-0.3, -0.25) is 0 Å². The Morgan fingerprint density at radius 1 is 0.957 bits per heavy atom. The van der Waals surface area contributed by atoms with Crippen molar-refractivity contribution in [2.45, 2.75) is 6.54 Å². The second-order valence-corrected chi connectivity index (χ2v) is 5.76. The van der Waals surface area contributed by atoms with Crippen molar-refractivity contribution in [1.82, 2.24) is 9.80 Å². The molecule has 0 N–H and O–H groups in total. The molecular formula is C19H22N4. The van der Waals surface area contributed by atoms with Crippen molar-refractivity contribution >= 4 is 5.96 Å². The van der Waals surface area contributed by atoms with Gasteiger partial charge in [-0.25, -0.2) is 4.99 Å². The van der Waals surface area contributed by atoms with E-state index >= 15 is 0 Å². The molecule has 4 heteroatoms. The number of rotatable bonds is 3. The van der Waals surface area contributed by atoms with Crippen molar-refractivity contribution in [2.75, 3.05) is 28.2 Å². The molecule has 118 valence electrons. The molecule has 0 radical (unpaired) electrons. The van der Waals surface area contributed by atoms with E-state index in [1.54, 1.807) is 0 Å². The van der Waals surface area contributed by atoms with E-state index in [0.29, 0.717) is 12.1 Å². The quantitative estimate of drug-likeness (QED) is 0.646. The summed E-state index contributed by atoms with van der Waals surface area (Å²) in [6.07, 6.45) is 0. The number of aliphatic imine (C=N–C) groups is 1. The molecule has 0 aliphatic rings. The van der Waals surface area contributed by atoms with Gasteiger partial charge in [-0.2, -0.15) is 5.26 Å². The molecule has 4 nitrogen and oxygen atoms in total. The molecule has 0 saturated heterocycles. The molecule has 0 spiro atoms. The average Bonchev–Trinajstić information content (AvgIpc) is 2.55. The maximum absolute atomic E-state index is 9.21. The van der Waals surface area contributed by atoms with E-state index in [9.17, 15) is 5.26 Å². The van der Waals surface area contributed by atoms with Crippen LogP contribution in [0.25, 0.3) is 11.1 Å². The van der Waals surface area contributed by atoms with Gasteiger partial charge in [-0.05, 0) is 22.8 Å². The van der Waals surface area contributed by atoms with Gasteiger partial charge >= 0.3 is 0 Å². The zero-order valence-electron chi connectivity index (χ0n) is 14.1. The van der Waals surface area contributed by atoms with E-state index in [4.69, 9.17) is 0 Å². The molecule has 0 aromatic heterocycles. The van der Waals surface area contributed by atoms with E-state index in [2.05, 4.69) is 23.2 Å². The summed E-state index contributed by atoms with van der Waals surface area (Å²) in [4.78, 5) is 8.64. The number of hydrogen-bond acceptors (Lipinski definition) is 2. The fourth-order valence-corrected chi connectivity index (χ4v) is 2.47. The molecule has 0 saturated carbocycles. The molecule has 2 aromatic carbocycles. The van der Waals surface area contributed by atoms with E-state index in [1.807, 2.05) is 74.4 Å². The Morgan fingerprint density at radius 2 is 1.57 bits per heavy atom. The van der Waals surface area contributed by atoms with Crippen molar-refractivity contribution in [3.8, 4) is 17.2 Å². The third-order valence-corrected chi connectivity index (χ3v) is 3.52. The summed E-state index contributed by atoms with van der Waals surface area (Å²) >= 11 is 0. The van der Waals surface area contributed by atoms with Crippen LogP contribution in [0.3, 0.4) is 0 Å². The summed E-state index contributed by atoms with van der Waals surface area (Å²) < 4.78 is 0. The molecule has 0 heterocycles. The topological polar surface area (TPSA) is 42.6 Å². The third kappa shape index (κ3) is 4.10. The molecular weight excluding hydrogens is 284 g/mol.